The second-order valence-electron chi connectivity index (χ2n) is 12.0. The number of carbonyl (C=O) groups excluding carboxylic acids is 1. The first-order valence-electron chi connectivity index (χ1n) is 14.9. The molecule has 8 bridgehead atoms. The van der Waals surface area contributed by atoms with Gasteiger partial charge in [-0.25, -0.2) is 9.97 Å². The first-order chi connectivity index (χ1) is 22.2. The number of anilines is 4. The van der Waals surface area contributed by atoms with E-state index in [0.29, 0.717) is 53.6 Å². The van der Waals surface area contributed by atoms with Crippen molar-refractivity contribution in [2.75, 3.05) is 37.6 Å². The molecule has 0 aliphatic carbocycles. The number of nitrogens with zero attached hydrogens (tertiary/aromatic N) is 5. The van der Waals surface area contributed by atoms with Crippen molar-refractivity contribution in [2.24, 2.45) is 5.41 Å². The van der Waals surface area contributed by atoms with Crippen LogP contribution in [-0.2, 0) is 28.0 Å². The minimum Gasteiger partial charge on any atom is -0.495 e. The Labute approximate surface area is 270 Å². The molecule has 0 radical (unpaired) electrons. The van der Waals surface area contributed by atoms with Gasteiger partial charge in [0.2, 0.25) is 13.3 Å². The van der Waals surface area contributed by atoms with Crippen molar-refractivity contribution in [3.63, 3.8) is 0 Å². The van der Waals surface area contributed by atoms with Crippen LogP contribution in [0.1, 0.15) is 48.8 Å². The number of hydrogen-bond donors (Lipinski definition) is 3. The van der Waals surface area contributed by atoms with Crippen LogP contribution in [0.4, 0.5) is 36.3 Å². The first kappa shape index (κ1) is 33.9. The van der Waals surface area contributed by atoms with Crippen LogP contribution < -0.4 is 20.7 Å². The number of aromatic nitrogens is 5. The van der Waals surface area contributed by atoms with Crippen LogP contribution in [0, 0.1) is 5.41 Å². The molecule has 1 atom stereocenters. The largest absolute Gasteiger partial charge is 0.495 e. The number of carbonyl (C=O) groups is 1. The molecule has 0 saturated heterocycles. The number of alkyl halides is 3. The predicted molar refractivity (Wildman–Crippen MR) is 172 cm³/mol. The Bertz CT molecular complexity index is 1830. The van der Waals surface area contributed by atoms with Crippen LogP contribution >= 0.6 is 7.37 Å². The summed E-state index contributed by atoms with van der Waals surface area (Å²) in [4.78, 5) is 25.4. The lowest BCUT2D eigenvalue weighted by atomic mass is 9.95. The van der Waals surface area contributed by atoms with Gasteiger partial charge in [0.25, 0.3) is 5.91 Å². The maximum absolute atomic E-state index is 14.1. The second kappa shape index (κ2) is 13.3. The van der Waals surface area contributed by atoms with Gasteiger partial charge in [0.1, 0.15) is 17.1 Å². The van der Waals surface area contributed by atoms with Gasteiger partial charge in [0.05, 0.1) is 37.0 Å². The van der Waals surface area contributed by atoms with Gasteiger partial charge >= 0.3 is 6.18 Å². The SMILES string of the molecule is CCC[P@@]1(=O)Cc2ccc(c(OC)c2)Nc2ncc(C(F)(F)F)c(n2)Nc2ccc(nc2C(=O)NC)-c2cnn(c2)CC(C)(C)CO1. The molecule has 250 valence electrons. The standard InChI is InChI=1S/C31H36F3N8O4P/c1-6-11-47(44)16-19-7-8-23(25(12-19)45-5)40-29-36-14-21(31(32,33)34)27(41-29)39-24-10-9-22(38-26(24)28(43)35-4)20-13-37-42(15-20)17-30(2,3)18-46-47/h7-10,12-15H,6,11,16-18H2,1-5H3,(H,35,43)(H2,36,39,40,41)/t47-/m0/s1. The molecular weight excluding hydrogens is 636 g/mol. The van der Waals surface area contributed by atoms with E-state index in [1.807, 2.05) is 20.8 Å². The van der Waals surface area contributed by atoms with E-state index in [0.717, 1.165) is 0 Å². The molecule has 4 aliphatic heterocycles. The average Bonchev–Trinajstić information content (AvgIpc) is 3.47. The third kappa shape index (κ3) is 7.91. The highest BCUT2D eigenvalue weighted by Crippen LogP contribution is 2.52. The summed E-state index contributed by atoms with van der Waals surface area (Å²) in [5, 5.41) is 12.5. The smallest absolute Gasteiger partial charge is 0.421 e. The van der Waals surface area contributed by atoms with Crippen LogP contribution in [0.2, 0.25) is 0 Å². The minimum absolute atomic E-state index is 0.00509. The normalized spacial score (nSPS) is 18.0. The van der Waals surface area contributed by atoms with Crippen LogP contribution in [-0.4, -0.2) is 57.6 Å². The first-order valence-corrected chi connectivity index (χ1v) is 16.9. The van der Waals surface area contributed by atoms with Crippen molar-refractivity contribution < 1.29 is 31.8 Å². The quantitative estimate of drug-likeness (QED) is 0.197. The predicted octanol–water partition coefficient (Wildman–Crippen LogP) is 6.85. The lowest BCUT2D eigenvalue weighted by Gasteiger charge is -2.28. The molecule has 0 saturated carbocycles. The number of pyridine rings is 1. The van der Waals surface area contributed by atoms with Crippen molar-refractivity contribution >= 4 is 36.4 Å². The number of rotatable bonds is 4. The van der Waals surface area contributed by atoms with Crippen molar-refractivity contribution in [3.05, 3.63) is 65.7 Å². The molecule has 3 aromatic heterocycles. The molecule has 1 amide bonds. The van der Waals surface area contributed by atoms with Crippen LogP contribution in [0.15, 0.2) is 48.9 Å². The van der Waals surface area contributed by atoms with E-state index in [-0.39, 0.29) is 30.1 Å². The Hall–Kier alpha value is -4.49. The zero-order valence-corrected chi connectivity index (χ0v) is 27.5. The maximum Gasteiger partial charge on any atom is 0.421 e. The van der Waals surface area contributed by atoms with Gasteiger partial charge in [0, 0.05) is 49.3 Å². The summed E-state index contributed by atoms with van der Waals surface area (Å²) >= 11 is 0. The number of ether oxygens (including phenoxy) is 1. The molecule has 4 aliphatic rings. The van der Waals surface area contributed by atoms with E-state index in [1.54, 1.807) is 41.3 Å². The number of methoxy groups -OCH3 is 1. The number of halogens is 3. The number of nitrogens with one attached hydrogen (secondary N) is 3. The number of hydrogen-bond acceptors (Lipinski definition) is 10. The lowest BCUT2D eigenvalue weighted by Crippen LogP contribution is -2.25. The fraction of sp³-hybridized carbons (Fsp3) is 0.387. The van der Waals surface area contributed by atoms with E-state index < -0.39 is 36.2 Å². The van der Waals surface area contributed by atoms with Gasteiger partial charge in [-0.1, -0.05) is 26.8 Å². The Morgan fingerprint density at radius 1 is 1.15 bits per heavy atom. The molecule has 1 aromatic carbocycles. The third-order valence-corrected chi connectivity index (χ3v) is 9.97. The van der Waals surface area contributed by atoms with Crippen LogP contribution in [0.25, 0.3) is 11.3 Å². The summed E-state index contributed by atoms with van der Waals surface area (Å²) in [6.07, 6.45) is 0.359. The van der Waals surface area contributed by atoms with Crippen molar-refractivity contribution in [2.45, 2.75) is 46.1 Å². The zero-order valence-electron chi connectivity index (χ0n) is 26.6. The third-order valence-electron chi connectivity index (χ3n) is 7.39. The van der Waals surface area contributed by atoms with Gasteiger partial charge in [-0.05, 0) is 36.2 Å². The summed E-state index contributed by atoms with van der Waals surface area (Å²) < 4.78 is 69.8. The van der Waals surface area contributed by atoms with E-state index in [9.17, 15) is 22.5 Å². The van der Waals surface area contributed by atoms with Crippen molar-refractivity contribution in [1.29, 1.82) is 0 Å². The molecule has 0 fully saturated rings. The Balaban J connectivity index is 1.65. The Morgan fingerprint density at radius 2 is 1.91 bits per heavy atom. The lowest BCUT2D eigenvalue weighted by molar-refractivity contribution is -0.137. The highest BCUT2D eigenvalue weighted by atomic mass is 31.2. The second-order valence-corrected chi connectivity index (χ2v) is 14.6. The summed E-state index contributed by atoms with van der Waals surface area (Å²) in [5.74, 6) is -1.06. The molecule has 3 N–H and O–H groups in total. The van der Waals surface area contributed by atoms with Gasteiger partial charge in [0.15, 0.2) is 5.69 Å². The summed E-state index contributed by atoms with van der Waals surface area (Å²) in [6, 6.07) is 8.11. The Kier molecular flexibility index (Phi) is 9.60. The number of benzene rings is 1. The van der Waals surface area contributed by atoms with Crippen molar-refractivity contribution in [1.82, 2.24) is 30.0 Å². The van der Waals surface area contributed by atoms with Crippen LogP contribution in [0.5, 0.6) is 5.75 Å². The summed E-state index contributed by atoms with van der Waals surface area (Å²) in [7, 11) is -0.296. The van der Waals surface area contributed by atoms with E-state index >= 15 is 0 Å². The highest BCUT2D eigenvalue weighted by molar-refractivity contribution is 7.58. The van der Waals surface area contributed by atoms with E-state index in [2.05, 4.69) is 36.0 Å². The molecule has 12 nitrogen and oxygen atoms in total. The fourth-order valence-electron chi connectivity index (χ4n) is 5.11. The molecule has 8 rings (SSSR count). The Morgan fingerprint density at radius 3 is 2.62 bits per heavy atom. The van der Waals surface area contributed by atoms with Gasteiger partial charge in [-0.2, -0.15) is 23.3 Å². The summed E-state index contributed by atoms with van der Waals surface area (Å²) in [6.45, 7) is 6.55. The minimum atomic E-state index is -4.82. The van der Waals surface area contributed by atoms with Gasteiger partial charge < -0.3 is 25.2 Å². The topological polar surface area (TPSA) is 145 Å². The van der Waals surface area contributed by atoms with Gasteiger partial charge in [-0.15, -0.1) is 0 Å². The van der Waals surface area contributed by atoms with Gasteiger partial charge in [-0.3, -0.25) is 14.0 Å². The van der Waals surface area contributed by atoms with Crippen molar-refractivity contribution in [3.8, 4) is 17.0 Å². The molecule has 16 heteroatoms. The van der Waals surface area contributed by atoms with Crippen LogP contribution in [0.3, 0.4) is 0 Å². The molecule has 7 heterocycles. The molecule has 4 aromatic rings. The van der Waals surface area contributed by atoms with E-state index in [4.69, 9.17) is 9.26 Å². The fourth-order valence-corrected chi connectivity index (χ4v) is 7.51. The number of amides is 1. The molecule has 47 heavy (non-hydrogen) atoms. The molecule has 0 spiro atoms. The molecular formula is C31H36F3N8O4P. The zero-order chi connectivity index (χ0) is 34.0. The van der Waals surface area contributed by atoms with E-state index in [1.165, 1.54) is 20.2 Å². The monoisotopic (exact) mass is 672 g/mol. The molecule has 0 unspecified atom stereocenters. The maximum atomic E-state index is 14.1. The highest BCUT2D eigenvalue weighted by Gasteiger charge is 2.36. The average molecular weight is 673 g/mol. The summed E-state index contributed by atoms with van der Waals surface area (Å²) in [5.41, 5.74) is 0.252.